The predicted octanol–water partition coefficient (Wildman–Crippen LogP) is 2.96. The van der Waals surface area contributed by atoms with Crippen LogP contribution in [-0.2, 0) is 0 Å². The monoisotopic (exact) mass is 327 g/mol. The Kier molecular flexibility index (Phi) is 2.83. The van der Waals surface area contributed by atoms with Crippen LogP contribution >= 0.6 is 38.5 Å². The Morgan fingerprint density at radius 1 is 1.55 bits per heavy atom. The molecule has 0 unspecified atom stereocenters. The molecule has 0 spiro atoms. The van der Waals surface area contributed by atoms with Crippen molar-refractivity contribution in [1.29, 1.82) is 0 Å². The summed E-state index contributed by atoms with van der Waals surface area (Å²) in [5, 5.41) is 10.4. The third kappa shape index (κ3) is 1.90. The molecule has 0 aliphatic carbocycles. The first kappa shape index (κ1) is 8.92. The zero-order chi connectivity index (χ0) is 8.43. The molecule has 5 heteroatoms. The highest BCUT2D eigenvalue weighted by Crippen LogP contribution is 2.27. The summed E-state index contributed by atoms with van der Waals surface area (Å²) in [4.78, 5) is 9.96. The molecule has 58 valence electrons. The van der Waals surface area contributed by atoms with Crippen LogP contribution in [0.3, 0.4) is 0 Å². The smallest absolute Gasteiger partial charge is 0.258 e. The van der Waals surface area contributed by atoms with Crippen LogP contribution in [0.4, 0.5) is 5.69 Å². The van der Waals surface area contributed by atoms with Crippen molar-refractivity contribution >= 4 is 44.2 Å². The maximum atomic E-state index is 10.4. The highest BCUT2D eigenvalue weighted by Gasteiger charge is 2.12. The van der Waals surface area contributed by atoms with Crippen molar-refractivity contribution in [1.82, 2.24) is 0 Å². The quantitative estimate of drug-likeness (QED) is 0.452. The molecule has 0 amide bonds. The summed E-state index contributed by atoms with van der Waals surface area (Å²) < 4.78 is 1.39. The van der Waals surface area contributed by atoms with Gasteiger partial charge in [-0.1, -0.05) is 6.07 Å². The maximum Gasteiger partial charge on any atom is 0.283 e. The highest BCUT2D eigenvalue weighted by molar-refractivity contribution is 14.1. The summed E-state index contributed by atoms with van der Waals surface area (Å²) >= 11 is 5.13. The molecular weight excluding hydrogens is 325 g/mol. The molecular formula is C6H3BrINO2. The van der Waals surface area contributed by atoms with Gasteiger partial charge < -0.3 is 0 Å². The van der Waals surface area contributed by atoms with Gasteiger partial charge in [-0.15, -0.1) is 0 Å². The van der Waals surface area contributed by atoms with Crippen molar-refractivity contribution in [3.8, 4) is 0 Å². The molecule has 0 N–H and O–H groups in total. The standard InChI is InChI=1S/C6H3BrINO2/c7-4-2-1-3-5(6(4)8)9(10)11/h1-3H. The van der Waals surface area contributed by atoms with E-state index in [1.807, 2.05) is 22.6 Å². The lowest BCUT2D eigenvalue weighted by Gasteiger charge is -1.95. The first-order chi connectivity index (χ1) is 5.13. The number of nitro benzene ring substituents is 1. The summed E-state index contributed by atoms with van der Waals surface area (Å²) in [5.41, 5.74) is 0.139. The van der Waals surface area contributed by atoms with E-state index in [4.69, 9.17) is 0 Å². The Hall–Kier alpha value is -0.170. The Morgan fingerprint density at radius 3 is 2.64 bits per heavy atom. The minimum Gasteiger partial charge on any atom is -0.258 e. The van der Waals surface area contributed by atoms with Gasteiger partial charge in [-0.2, -0.15) is 0 Å². The van der Waals surface area contributed by atoms with Crippen molar-refractivity contribution in [2.75, 3.05) is 0 Å². The van der Waals surface area contributed by atoms with Crippen LogP contribution in [0.25, 0.3) is 0 Å². The van der Waals surface area contributed by atoms with Crippen LogP contribution in [0.5, 0.6) is 0 Å². The van der Waals surface area contributed by atoms with Crippen molar-refractivity contribution in [3.05, 3.63) is 36.4 Å². The van der Waals surface area contributed by atoms with Crippen molar-refractivity contribution in [2.24, 2.45) is 0 Å². The highest BCUT2D eigenvalue weighted by atomic mass is 127. The van der Waals surface area contributed by atoms with Gasteiger partial charge in [0.2, 0.25) is 0 Å². The van der Waals surface area contributed by atoms with Crippen LogP contribution in [0.15, 0.2) is 22.7 Å². The third-order valence-electron chi connectivity index (χ3n) is 1.13. The average Bonchev–Trinajstić information content (AvgIpc) is 1.94. The maximum absolute atomic E-state index is 10.4. The van der Waals surface area contributed by atoms with E-state index in [1.54, 1.807) is 12.1 Å². The number of benzene rings is 1. The fourth-order valence-corrected chi connectivity index (χ4v) is 1.55. The number of nitrogens with zero attached hydrogens (tertiary/aromatic N) is 1. The lowest BCUT2D eigenvalue weighted by atomic mass is 10.3. The molecule has 0 aliphatic heterocycles. The molecule has 1 rings (SSSR count). The zero-order valence-electron chi connectivity index (χ0n) is 5.25. The largest absolute Gasteiger partial charge is 0.283 e. The van der Waals surface area contributed by atoms with Gasteiger partial charge in [-0.05, 0) is 44.6 Å². The van der Waals surface area contributed by atoms with Gasteiger partial charge in [0.05, 0.1) is 4.92 Å². The molecule has 0 atom stereocenters. The van der Waals surface area contributed by atoms with Crippen molar-refractivity contribution in [3.63, 3.8) is 0 Å². The number of halogens is 2. The molecule has 0 saturated heterocycles. The van der Waals surface area contributed by atoms with E-state index in [0.29, 0.717) is 3.57 Å². The first-order valence-electron chi connectivity index (χ1n) is 2.71. The van der Waals surface area contributed by atoms with Crippen molar-refractivity contribution < 1.29 is 4.92 Å². The minimum absolute atomic E-state index is 0.139. The number of hydrogen-bond acceptors (Lipinski definition) is 2. The van der Waals surface area contributed by atoms with E-state index >= 15 is 0 Å². The third-order valence-corrected chi connectivity index (χ3v) is 3.66. The predicted molar refractivity (Wildman–Crippen MR) is 53.5 cm³/mol. The SMILES string of the molecule is O=[N+]([O-])c1cccc(Br)c1I. The first-order valence-corrected chi connectivity index (χ1v) is 4.58. The summed E-state index contributed by atoms with van der Waals surface area (Å²) in [6.07, 6.45) is 0. The summed E-state index contributed by atoms with van der Waals surface area (Å²) in [6, 6.07) is 4.89. The van der Waals surface area contributed by atoms with E-state index in [2.05, 4.69) is 15.9 Å². The number of rotatable bonds is 1. The van der Waals surface area contributed by atoms with Gasteiger partial charge in [-0.3, -0.25) is 10.1 Å². The normalized spacial score (nSPS) is 9.64. The lowest BCUT2D eigenvalue weighted by Crippen LogP contribution is -1.90. The molecule has 1 aromatic carbocycles. The molecule has 0 heterocycles. The van der Waals surface area contributed by atoms with Gasteiger partial charge >= 0.3 is 0 Å². The molecule has 0 aliphatic rings. The number of hydrogen-bond donors (Lipinski definition) is 0. The van der Waals surface area contributed by atoms with Crippen LogP contribution < -0.4 is 0 Å². The van der Waals surface area contributed by atoms with E-state index < -0.39 is 4.92 Å². The van der Waals surface area contributed by atoms with Crippen LogP contribution in [0.2, 0.25) is 0 Å². The molecule has 0 fully saturated rings. The van der Waals surface area contributed by atoms with E-state index in [1.165, 1.54) is 6.07 Å². The average molecular weight is 328 g/mol. The lowest BCUT2D eigenvalue weighted by molar-refractivity contribution is -0.385. The second-order valence-electron chi connectivity index (χ2n) is 1.83. The summed E-state index contributed by atoms with van der Waals surface area (Å²) in [5.74, 6) is 0. The van der Waals surface area contributed by atoms with Gasteiger partial charge in [0.25, 0.3) is 5.69 Å². The Morgan fingerprint density at radius 2 is 2.18 bits per heavy atom. The summed E-state index contributed by atoms with van der Waals surface area (Å²) in [6.45, 7) is 0. The minimum atomic E-state index is -0.396. The van der Waals surface area contributed by atoms with Crippen LogP contribution in [-0.4, -0.2) is 4.92 Å². The molecule has 11 heavy (non-hydrogen) atoms. The van der Waals surface area contributed by atoms with E-state index in [9.17, 15) is 10.1 Å². The fraction of sp³-hybridized carbons (Fsp3) is 0. The Balaban J connectivity index is 3.27. The Bertz CT molecular complexity index is 303. The van der Waals surface area contributed by atoms with E-state index in [-0.39, 0.29) is 5.69 Å². The van der Waals surface area contributed by atoms with Gasteiger partial charge in [0, 0.05) is 10.5 Å². The Labute approximate surface area is 85.2 Å². The number of nitro groups is 1. The summed E-state index contributed by atoms with van der Waals surface area (Å²) in [7, 11) is 0. The van der Waals surface area contributed by atoms with Crippen LogP contribution in [0.1, 0.15) is 0 Å². The molecule has 0 bridgehead atoms. The molecule has 0 aromatic heterocycles. The van der Waals surface area contributed by atoms with Crippen molar-refractivity contribution in [2.45, 2.75) is 0 Å². The van der Waals surface area contributed by atoms with E-state index in [0.717, 1.165) is 4.47 Å². The van der Waals surface area contributed by atoms with Gasteiger partial charge in [0.15, 0.2) is 0 Å². The molecule has 1 aromatic rings. The second kappa shape index (κ2) is 3.48. The molecule has 0 saturated carbocycles. The van der Waals surface area contributed by atoms with Gasteiger partial charge in [-0.25, -0.2) is 0 Å². The molecule has 3 nitrogen and oxygen atoms in total. The molecule has 0 radical (unpaired) electrons. The fourth-order valence-electron chi connectivity index (χ4n) is 0.633. The zero-order valence-corrected chi connectivity index (χ0v) is 9.00. The topological polar surface area (TPSA) is 43.1 Å². The van der Waals surface area contributed by atoms with Gasteiger partial charge in [0.1, 0.15) is 3.57 Å². The second-order valence-corrected chi connectivity index (χ2v) is 3.76. The van der Waals surface area contributed by atoms with Crippen LogP contribution in [0, 0.1) is 13.7 Å².